The van der Waals surface area contributed by atoms with Crippen LogP contribution in [-0.2, 0) is 14.8 Å². The smallest absolute Gasteiger partial charge is 0.264 e. The number of likely N-dealkylation sites (tertiary alicyclic amines) is 1. The van der Waals surface area contributed by atoms with E-state index in [2.05, 4.69) is 47.6 Å². The van der Waals surface area contributed by atoms with Gasteiger partial charge in [0.05, 0.1) is 16.6 Å². The molecule has 1 aromatic heterocycles. The molecule has 6 rings (SSSR count). The molecule has 1 fully saturated rings. The molecule has 0 unspecified atom stereocenters. The molecule has 10 nitrogen and oxygen atoms in total. The molecule has 0 aliphatic carbocycles. The Morgan fingerprint density at radius 2 is 1.68 bits per heavy atom. The van der Waals surface area contributed by atoms with E-state index in [1.54, 1.807) is 17.0 Å². The van der Waals surface area contributed by atoms with Crippen LogP contribution in [0.25, 0.3) is 11.3 Å². The van der Waals surface area contributed by atoms with Crippen LogP contribution in [0.3, 0.4) is 0 Å². The highest BCUT2D eigenvalue weighted by atomic mass is 32.2. The minimum atomic E-state index is -4.21. The number of carbonyl (C=O) groups excluding carboxylic acids is 2. The highest BCUT2D eigenvalue weighted by molar-refractivity contribution is 7.92. The zero-order valence-corrected chi connectivity index (χ0v) is 30.2. The standard InChI is InChI=1S/C39H45N5O5S/c1-26-12-9-13-27(2)36(26)33-21-34-41-38(40-33)42-50(47,48)32-18-10-16-29(20-32)37(46)44(31(25-49-34)22-39(3,4)5)24-35(45)43-19-11-17-30(23-43)28-14-7-6-8-15-28/h6-10,12-16,18,20-21,30-31H,11,17,19,22-25H2,1-5H3,(H,40,41,42)/t30-,31-/m1/s1. The summed E-state index contributed by atoms with van der Waals surface area (Å²) >= 11 is 0. The summed E-state index contributed by atoms with van der Waals surface area (Å²) in [5.41, 5.74) is 4.36. The topological polar surface area (TPSA) is 122 Å². The number of fused-ring (bicyclic) bond motifs is 4. The Morgan fingerprint density at radius 3 is 2.40 bits per heavy atom. The average Bonchev–Trinajstić information content (AvgIpc) is 3.08. The Hall–Kier alpha value is -4.77. The van der Waals surface area contributed by atoms with Crippen molar-refractivity contribution in [3.63, 3.8) is 0 Å². The fourth-order valence-corrected chi connectivity index (χ4v) is 7.98. The van der Waals surface area contributed by atoms with Crippen molar-refractivity contribution in [2.75, 3.05) is 31.0 Å². The van der Waals surface area contributed by atoms with Gasteiger partial charge in [-0.1, -0.05) is 75.4 Å². The number of nitrogens with zero attached hydrogens (tertiary/aromatic N) is 4. The fraction of sp³-hybridized carbons (Fsp3) is 0.385. The van der Waals surface area contributed by atoms with Gasteiger partial charge >= 0.3 is 0 Å². The zero-order valence-electron chi connectivity index (χ0n) is 29.3. The first-order valence-electron chi connectivity index (χ1n) is 17.1. The molecule has 11 heteroatoms. The predicted octanol–water partition coefficient (Wildman–Crippen LogP) is 6.61. The van der Waals surface area contributed by atoms with E-state index in [4.69, 9.17) is 4.74 Å². The van der Waals surface area contributed by atoms with Crippen LogP contribution in [0.15, 0.2) is 83.8 Å². The molecule has 50 heavy (non-hydrogen) atoms. The van der Waals surface area contributed by atoms with E-state index in [0.717, 1.165) is 29.5 Å². The van der Waals surface area contributed by atoms with E-state index in [1.807, 2.05) is 55.1 Å². The third-order valence-electron chi connectivity index (χ3n) is 9.38. The van der Waals surface area contributed by atoms with Crippen LogP contribution in [0.4, 0.5) is 5.95 Å². The predicted molar refractivity (Wildman–Crippen MR) is 194 cm³/mol. The van der Waals surface area contributed by atoms with Crippen LogP contribution in [-0.4, -0.2) is 72.3 Å². The number of benzene rings is 3. The monoisotopic (exact) mass is 695 g/mol. The average molecular weight is 696 g/mol. The maximum Gasteiger partial charge on any atom is 0.264 e. The molecule has 262 valence electrons. The van der Waals surface area contributed by atoms with Crippen molar-refractivity contribution in [3.8, 4) is 17.1 Å². The lowest BCUT2D eigenvalue weighted by atomic mass is 9.87. The lowest BCUT2D eigenvalue weighted by molar-refractivity contribution is -0.133. The molecule has 2 aliphatic rings. The maximum absolute atomic E-state index is 14.5. The van der Waals surface area contributed by atoms with Crippen molar-refractivity contribution in [1.29, 1.82) is 0 Å². The van der Waals surface area contributed by atoms with E-state index in [1.165, 1.54) is 23.8 Å². The van der Waals surface area contributed by atoms with Crippen LogP contribution >= 0.6 is 0 Å². The molecule has 3 heterocycles. The second-order valence-electron chi connectivity index (χ2n) is 14.6. The van der Waals surface area contributed by atoms with Crippen molar-refractivity contribution in [2.24, 2.45) is 5.41 Å². The quantitative estimate of drug-likeness (QED) is 0.250. The highest BCUT2D eigenvalue weighted by Crippen LogP contribution is 2.32. The number of carbonyl (C=O) groups is 2. The number of nitrogens with one attached hydrogen (secondary N) is 1. The maximum atomic E-state index is 14.5. The molecule has 1 N–H and O–H groups in total. The second-order valence-corrected chi connectivity index (χ2v) is 16.2. The van der Waals surface area contributed by atoms with Gasteiger partial charge < -0.3 is 14.5 Å². The molecule has 2 aliphatic heterocycles. The number of anilines is 1. The van der Waals surface area contributed by atoms with Gasteiger partial charge in [-0.25, -0.2) is 18.1 Å². The second kappa shape index (κ2) is 14.2. The summed E-state index contributed by atoms with van der Waals surface area (Å²) in [5, 5.41) is 0. The summed E-state index contributed by atoms with van der Waals surface area (Å²) in [6, 6.07) is 23.1. The number of sulfonamides is 1. The fourth-order valence-electron chi connectivity index (χ4n) is 6.99. The third-order valence-corrected chi connectivity index (χ3v) is 10.7. The van der Waals surface area contributed by atoms with E-state index in [9.17, 15) is 18.0 Å². The first-order valence-corrected chi connectivity index (χ1v) is 18.6. The Morgan fingerprint density at radius 1 is 0.960 bits per heavy atom. The summed E-state index contributed by atoms with van der Waals surface area (Å²) < 4.78 is 36.3. The van der Waals surface area contributed by atoms with Crippen molar-refractivity contribution in [2.45, 2.75) is 70.7 Å². The van der Waals surface area contributed by atoms with Crippen molar-refractivity contribution >= 4 is 27.8 Å². The first-order chi connectivity index (χ1) is 23.8. The largest absolute Gasteiger partial charge is 0.475 e. The minimum Gasteiger partial charge on any atom is -0.475 e. The van der Waals surface area contributed by atoms with Crippen molar-refractivity contribution in [1.82, 2.24) is 19.8 Å². The van der Waals surface area contributed by atoms with E-state index < -0.39 is 22.0 Å². The molecule has 0 radical (unpaired) electrons. The lowest BCUT2D eigenvalue weighted by Crippen LogP contribution is -2.52. The number of amides is 2. The zero-order chi connectivity index (χ0) is 35.6. The Labute approximate surface area is 295 Å². The number of hydrogen-bond acceptors (Lipinski definition) is 7. The summed E-state index contributed by atoms with van der Waals surface area (Å²) in [4.78, 5) is 41.0. The highest BCUT2D eigenvalue weighted by Gasteiger charge is 2.34. The van der Waals surface area contributed by atoms with Crippen LogP contribution in [0.1, 0.15) is 73.0 Å². The van der Waals surface area contributed by atoms with Gasteiger partial charge in [-0.3, -0.25) is 9.59 Å². The number of piperidine rings is 1. The SMILES string of the molecule is Cc1cccc(C)c1-c1cc2nc(n1)NS(=O)(=O)c1cccc(c1)C(=O)N(CC(=O)N1CCC[C@@H](c3ccccc3)C1)[C@H](CC(C)(C)C)CO2. The van der Waals surface area contributed by atoms with Gasteiger partial charge in [0, 0.05) is 36.2 Å². The molecule has 0 saturated carbocycles. The van der Waals surface area contributed by atoms with Gasteiger partial charge in [-0.15, -0.1) is 0 Å². The van der Waals surface area contributed by atoms with Crippen LogP contribution in [0.5, 0.6) is 5.88 Å². The van der Waals surface area contributed by atoms with Crippen LogP contribution < -0.4 is 9.46 Å². The van der Waals surface area contributed by atoms with E-state index in [0.29, 0.717) is 25.2 Å². The molecular weight excluding hydrogens is 651 g/mol. The van der Waals surface area contributed by atoms with Gasteiger partial charge in [0.1, 0.15) is 13.2 Å². The van der Waals surface area contributed by atoms with Gasteiger partial charge in [0.25, 0.3) is 15.9 Å². The molecular formula is C39H45N5O5S. The lowest BCUT2D eigenvalue weighted by Gasteiger charge is -2.38. The summed E-state index contributed by atoms with van der Waals surface area (Å²) in [6.07, 6.45) is 2.35. The number of aromatic nitrogens is 2. The summed E-state index contributed by atoms with van der Waals surface area (Å²) in [5.74, 6) is -0.387. The Bertz CT molecular complexity index is 1970. The number of aryl methyl sites for hydroxylation is 2. The molecule has 1 saturated heterocycles. The van der Waals surface area contributed by atoms with Gasteiger partial charge in [0.15, 0.2) is 0 Å². The Balaban J connectivity index is 1.41. The molecule has 2 amide bonds. The van der Waals surface area contributed by atoms with Gasteiger partial charge in [-0.2, -0.15) is 4.98 Å². The van der Waals surface area contributed by atoms with Crippen LogP contribution in [0.2, 0.25) is 0 Å². The van der Waals surface area contributed by atoms with Crippen molar-refractivity contribution in [3.05, 3.63) is 101 Å². The Kier molecular flexibility index (Phi) is 9.98. The number of hydrogen-bond donors (Lipinski definition) is 1. The molecule has 2 atom stereocenters. The summed E-state index contributed by atoms with van der Waals surface area (Å²) in [6.45, 7) is 11.2. The molecule has 3 aromatic carbocycles. The van der Waals surface area contributed by atoms with E-state index in [-0.39, 0.29) is 52.7 Å². The number of rotatable bonds is 5. The summed E-state index contributed by atoms with van der Waals surface area (Å²) in [7, 11) is -4.21. The number of ether oxygens (including phenoxy) is 1. The molecule has 0 spiro atoms. The normalized spacial score (nSPS) is 19.3. The minimum absolute atomic E-state index is 0.0258. The third kappa shape index (κ3) is 7.99. The molecule has 4 aromatic rings. The van der Waals surface area contributed by atoms with E-state index >= 15 is 0 Å². The van der Waals surface area contributed by atoms with Gasteiger partial charge in [0.2, 0.25) is 17.7 Å². The molecule has 4 bridgehead atoms. The van der Waals surface area contributed by atoms with Crippen LogP contribution in [0, 0.1) is 19.3 Å². The van der Waals surface area contributed by atoms with Gasteiger partial charge in [-0.05, 0) is 73.4 Å². The van der Waals surface area contributed by atoms with Crippen molar-refractivity contribution < 1.29 is 22.7 Å². The first kappa shape index (κ1) is 35.1.